The molecule has 0 N–H and O–H groups in total. The molecule has 1 heterocycles. The van der Waals surface area contributed by atoms with Gasteiger partial charge in [0.15, 0.2) is 0 Å². The minimum atomic E-state index is -0.0394. The van der Waals surface area contributed by atoms with Crippen molar-refractivity contribution >= 4 is 23.1 Å². The van der Waals surface area contributed by atoms with Crippen LogP contribution in [0.2, 0.25) is 0 Å². The van der Waals surface area contributed by atoms with E-state index in [2.05, 4.69) is 45.7 Å². The quantitative estimate of drug-likeness (QED) is 0.819. The van der Waals surface area contributed by atoms with Crippen molar-refractivity contribution in [2.45, 2.75) is 51.0 Å². The zero-order valence-electron chi connectivity index (χ0n) is 10.5. The van der Waals surface area contributed by atoms with Crippen LogP contribution < -0.4 is 0 Å². The summed E-state index contributed by atoms with van der Waals surface area (Å²) in [6.07, 6.45) is 0. The van der Waals surface area contributed by atoms with E-state index >= 15 is 0 Å². The molecule has 0 atom stereocenters. The highest BCUT2D eigenvalue weighted by molar-refractivity contribution is 7.99. The van der Waals surface area contributed by atoms with Gasteiger partial charge in [-0.05, 0) is 5.25 Å². The topological polar surface area (TPSA) is 36.7 Å². The third-order valence-corrected chi connectivity index (χ3v) is 4.27. The van der Waals surface area contributed by atoms with Gasteiger partial charge in [0.05, 0.1) is 5.69 Å². The minimum absolute atomic E-state index is 0.0394. The maximum absolute atomic E-state index is 9.09. The Balaban J connectivity index is 2.92. The number of nitrogens with zero attached hydrogens (tertiary/aromatic N) is 2. The summed E-state index contributed by atoms with van der Waals surface area (Å²) < 4.78 is 0. The van der Waals surface area contributed by atoms with Gasteiger partial charge in [-0.1, -0.05) is 34.6 Å². The third kappa shape index (κ3) is 3.50. The lowest BCUT2D eigenvalue weighted by Crippen LogP contribution is -2.13. The molecule has 1 aromatic heterocycles. The van der Waals surface area contributed by atoms with Gasteiger partial charge < -0.3 is 0 Å². The number of nitriles is 1. The van der Waals surface area contributed by atoms with E-state index in [1.807, 2.05) is 11.8 Å². The molecule has 0 aliphatic heterocycles. The van der Waals surface area contributed by atoms with E-state index in [0.717, 1.165) is 21.3 Å². The summed E-state index contributed by atoms with van der Waals surface area (Å²) in [4.78, 5) is 5.37. The van der Waals surface area contributed by atoms with Crippen molar-refractivity contribution < 1.29 is 0 Å². The average molecular weight is 254 g/mol. The van der Waals surface area contributed by atoms with Crippen molar-refractivity contribution in [1.82, 2.24) is 4.98 Å². The molecule has 0 saturated carbocycles. The van der Waals surface area contributed by atoms with Gasteiger partial charge in [0.2, 0.25) is 0 Å². The summed E-state index contributed by atoms with van der Waals surface area (Å²) in [5.41, 5.74) is 0.904. The number of aromatic nitrogens is 1. The summed E-state index contributed by atoms with van der Waals surface area (Å²) in [7, 11) is 0. The van der Waals surface area contributed by atoms with Crippen LogP contribution in [0, 0.1) is 11.3 Å². The van der Waals surface area contributed by atoms with E-state index in [1.54, 1.807) is 0 Å². The highest BCUT2D eigenvalue weighted by atomic mass is 32.2. The SMILES string of the molecule is CC(C)SCc1nc(C(C)(C)C)c(C#N)s1. The number of rotatable bonds is 3. The molecule has 0 aromatic carbocycles. The number of hydrogen-bond acceptors (Lipinski definition) is 4. The van der Waals surface area contributed by atoms with E-state index in [4.69, 9.17) is 5.26 Å². The van der Waals surface area contributed by atoms with Crippen molar-refractivity contribution in [1.29, 1.82) is 5.26 Å². The van der Waals surface area contributed by atoms with Gasteiger partial charge in [-0.15, -0.1) is 11.3 Å². The van der Waals surface area contributed by atoms with E-state index < -0.39 is 0 Å². The Morgan fingerprint density at radius 2 is 2.06 bits per heavy atom. The molecule has 0 amide bonds. The summed E-state index contributed by atoms with van der Waals surface area (Å²) >= 11 is 3.40. The largest absolute Gasteiger partial charge is 0.243 e. The van der Waals surface area contributed by atoms with Crippen LogP contribution in [0.5, 0.6) is 0 Å². The van der Waals surface area contributed by atoms with E-state index in [9.17, 15) is 0 Å². The Bertz CT molecular complexity index is 394. The summed E-state index contributed by atoms with van der Waals surface area (Å²) in [6, 6.07) is 2.26. The number of thiazole rings is 1. The van der Waals surface area contributed by atoms with Crippen LogP contribution in [0.25, 0.3) is 0 Å². The Kier molecular flexibility index (Phi) is 4.40. The predicted octanol–water partition coefficient (Wildman–Crippen LogP) is 3.95. The third-order valence-electron chi connectivity index (χ3n) is 2.02. The number of thioether (sulfide) groups is 1. The molecule has 0 unspecified atom stereocenters. The summed E-state index contributed by atoms with van der Waals surface area (Å²) in [5.74, 6) is 0.910. The van der Waals surface area contributed by atoms with Gasteiger partial charge in [-0.25, -0.2) is 4.98 Å². The Hall–Kier alpha value is -0.530. The van der Waals surface area contributed by atoms with Crippen molar-refractivity contribution in [3.8, 4) is 6.07 Å². The molecule has 0 fully saturated rings. The van der Waals surface area contributed by atoms with Gasteiger partial charge in [0, 0.05) is 11.2 Å². The van der Waals surface area contributed by atoms with Crippen LogP contribution in [0.15, 0.2) is 0 Å². The molecule has 1 rings (SSSR count). The van der Waals surface area contributed by atoms with Crippen LogP contribution in [-0.2, 0) is 11.2 Å². The first-order chi connectivity index (χ1) is 7.34. The van der Waals surface area contributed by atoms with Crippen molar-refractivity contribution in [3.63, 3.8) is 0 Å². The Morgan fingerprint density at radius 3 is 2.44 bits per heavy atom. The van der Waals surface area contributed by atoms with Gasteiger partial charge in [0.25, 0.3) is 0 Å². The lowest BCUT2D eigenvalue weighted by molar-refractivity contribution is 0.570. The molecule has 0 aliphatic rings. The highest BCUT2D eigenvalue weighted by Gasteiger charge is 2.23. The fourth-order valence-electron chi connectivity index (χ4n) is 1.25. The fraction of sp³-hybridized carbons (Fsp3) is 0.667. The maximum atomic E-state index is 9.09. The normalized spacial score (nSPS) is 11.8. The predicted molar refractivity (Wildman–Crippen MR) is 72.0 cm³/mol. The molecule has 1 aromatic rings. The van der Waals surface area contributed by atoms with Crippen LogP contribution in [0.4, 0.5) is 0 Å². The van der Waals surface area contributed by atoms with Crippen LogP contribution in [0.1, 0.15) is 50.2 Å². The molecule has 0 bridgehead atoms. The first-order valence-electron chi connectivity index (χ1n) is 5.36. The zero-order chi connectivity index (χ0) is 12.3. The molecule has 0 aliphatic carbocycles. The van der Waals surface area contributed by atoms with Crippen molar-refractivity contribution in [2.75, 3.05) is 0 Å². The zero-order valence-corrected chi connectivity index (χ0v) is 12.1. The van der Waals surface area contributed by atoms with Crippen LogP contribution in [-0.4, -0.2) is 10.2 Å². The van der Waals surface area contributed by atoms with Gasteiger partial charge in [-0.3, -0.25) is 0 Å². The summed E-state index contributed by atoms with van der Waals surface area (Å²) in [6.45, 7) is 10.6. The molecule has 4 heteroatoms. The smallest absolute Gasteiger partial charge is 0.128 e. The lowest BCUT2D eigenvalue weighted by Gasteiger charge is -2.15. The Morgan fingerprint density at radius 1 is 1.44 bits per heavy atom. The van der Waals surface area contributed by atoms with Crippen molar-refractivity contribution in [2.24, 2.45) is 0 Å². The van der Waals surface area contributed by atoms with Gasteiger partial charge in [0.1, 0.15) is 16.0 Å². The molecule has 0 saturated heterocycles. The minimum Gasteiger partial charge on any atom is -0.243 e. The Labute approximate surface area is 106 Å². The van der Waals surface area contributed by atoms with E-state index in [1.165, 1.54) is 11.3 Å². The second-order valence-electron chi connectivity index (χ2n) is 5.01. The van der Waals surface area contributed by atoms with Crippen LogP contribution >= 0.6 is 23.1 Å². The van der Waals surface area contributed by atoms with Gasteiger partial charge in [-0.2, -0.15) is 17.0 Å². The molecule has 16 heavy (non-hydrogen) atoms. The van der Waals surface area contributed by atoms with E-state index in [0.29, 0.717) is 5.25 Å². The fourth-order valence-corrected chi connectivity index (χ4v) is 3.10. The standard InChI is InChI=1S/C12H18N2S2/c1-8(2)15-7-10-14-11(12(3,4)5)9(6-13)16-10/h8H,7H2,1-5H3. The summed E-state index contributed by atoms with van der Waals surface area (Å²) in [5, 5.41) is 10.8. The molecule has 0 spiro atoms. The second-order valence-corrected chi connectivity index (χ2v) is 7.66. The molecule has 2 nitrogen and oxygen atoms in total. The van der Waals surface area contributed by atoms with Crippen LogP contribution in [0.3, 0.4) is 0 Å². The molecular formula is C12H18N2S2. The monoisotopic (exact) mass is 254 g/mol. The first-order valence-corrected chi connectivity index (χ1v) is 7.23. The molecular weight excluding hydrogens is 236 g/mol. The highest BCUT2D eigenvalue weighted by Crippen LogP contribution is 2.31. The maximum Gasteiger partial charge on any atom is 0.128 e. The molecule has 88 valence electrons. The van der Waals surface area contributed by atoms with E-state index in [-0.39, 0.29) is 5.41 Å². The molecule has 0 radical (unpaired) electrons. The lowest BCUT2D eigenvalue weighted by atomic mass is 9.91. The second kappa shape index (κ2) is 5.20. The number of hydrogen-bond donors (Lipinski definition) is 0. The van der Waals surface area contributed by atoms with Gasteiger partial charge >= 0.3 is 0 Å². The first kappa shape index (κ1) is 13.5. The van der Waals surface area contributed by atoms with Crippen molar-refractivity contribution in [3.05, 3.63) is 15.6 Å². The average Bonchev–Trinajstić information content (AvgIpc) is 2.57.